The fraction of sp³-hybridized carbons (Fsp3) is 0.364. The van der Waals surface area contributed by atoms with Gasteiger partial charge in [0.25, 0.3) is 0 Å². The first kappa shape index (κ1) is 19.0. The molecule has 2 aromatic carbocycles. The third-order valence-electron chi connectivity index (χ3n) is 5.12. The maximum atomic E-state index is 13.1. The smallest absolute Gasteiger partial charge is 0.320 e. The van der Waals surface area contributed by atoms with Gasteiger partial charge in [0.15, 0.2) is 5.78 Å². The third-order valence-corrected chi connectivity index (χ3v) is 5.12. The molecule has 142 valence electrons. The van der Waals surface area contributed by atoms with Gasteiger partial charge in [0, 0.05) is 19.7 Å². The van der Waals surface area contributed by atoms with Gasteiger partial charge in [0.2, 0.25) is 0 Å². The molecular weight excluding hydrogens is 340 g/mol. The first-order valence-electron chi connectivity index (χ1n) is 9.33. The first-order chi connectivity index (χ1) is 13.0. The van der Waals surface area contributed by atoms with Crippen LogP contribution in [0.15, 0.2) is 54.6 Å². The maximum Gasteiger partial charge on any atom is 0.320 e. The molecule has 2 aromatic rings. The summed E-state index contributed by atoms with van der Waals surface area (Å²) in [4.78, 5) is 28.6. The average molecular weight is 366 g/mol. The third kappa shape index (κ3) is 3.97. The minimum Gasteiger partial charge on any atom is -0.489 e. The zero-order valence-corrected chi connectivity index (χ0v) is 16.1. The number of hydrogen-bond donors (Lipinski definition) is 0. The molecule has 1 heterocycles. The summed E-state index contributed by atoms with van der Waals surface area (Å²) in [6, 6.07) is 16.5. The van der Waals surface area contributed by atoms with E-state index in [1.54, 1.807) is 36.0 Å². The van der Waals surface area contributed by atoms with Crippen molar-refractivity contribution in [3.63, 3.8) is 0 Å². The van der Waals surface area contributed by atoms with E-state index in [0.717, 1.165) is 18.4 Å². The summed E-state index contributed by atoms with van der Waals surface area (Å²) in [6.07, 6.45) is 1.73. The molecule has 27 heavy (non-hydrogen) atoms. The molecule has 0 aliphatic carbocycles. The van der Waals surface area contributed by atoms with Crippen molar-refractivity contribution >= 4 is 11.8 Å². The number of carbonyl (C=O) groups excluding carboxylic acids is 2. The monoisotopic (exact) mass is 366 g/mol. The number of urea groups is 1. The summed E-state index contributed by atoms with van der Waals surface area (Å²) in [5.74, 6) is 0.691. The zero-order chi connectivity index (χ0) is 19.4. The highest BCUT2D eigenvalue weighted by Crippen LogP contribution is 2.27. The van der Waals surface area contributed by atoms with Gasteiger partial charge >= 0.3 is 6.03 Å². The van der Waals surface area contributed by atoms with Crippen LogP contribution in [0, 0.1) is 0 Å². The van der Waals surface area contributed by atoms with Crippen LogP contribution in [0.5, 0.6) is 5.75 Å². The minimum atomic E-state index is -0.446. The number of ether oxygens (including phenoxy) is 1. The highest BCUT2D eigenvalue weighted by Gasteiger charge is 2.45. The van der Waals surface area contributed by atoms with E-state index in [1.165, 1.54) is 0 Å². The largest absolute Gasteiger partial charge is 0.489 e. The normalized spacial score (nSPS) is 19.4. The molecule has 1 aliphatic heterocycles. The van der Waals surface area contributed by atoms with Crippen LogP contribution in [-0.2, 0) is 6.61 Å². The lowest BCUT2D eigenvalue weighted by Gasteiger charge is -2.23. The van der Waals surface area contributed by atoms with Crippen LogP contribution in [0.25, 0.3) is 0 Å². The van der Waals surface area contributed by atoms with E-state index >= 15 is 0 Å². The lowest BCUT2D eigenvalue weighted by atomic mass is 9.95. The van der Waals surface area contributed by atoms with E-state index in [9.17, 15) is 9.59 Å². The molecule has 1 fully saturated rings. The molecule has 2 atom stereocenters. The van der Waals surface area contributed by atoms with E-state index in [4.69, 9.17) is 4.74 Å². The fourth-order valence-electron chi connectivity index (χ4n) is 3.60. The fourth-order valence-corrected chi connectivity index (χ4v) is 3.60. The Bertz CT molecular complexity index is 789. The molecule has 0 bridgehead atoms. The SMILES string of the molecule is CCCC1C(C(=O)c2ccc(OCc3ccccc3)cc2)N(C)C(=O)N1C. The second-order valence-corrected chi connectivity index (χ2v) is 6.97. The Morgan fingerprint density at radius 2 is 1.67 bits per heavy atom. The molecule has 0 saturated carbocycles. The van der Waals surface area contributed by atoms with Gasteiger partial charge in [0.05, 0.1) is 6.04 Å². The lowest BCUT2D eigenvalue weighted by Crippen LogP contribution is -2.41. The van der Waals surface area contributed by atoms with E-state index in [1.807, 2.05) is 42.5 Å². The van der Waals surface area contributed by atoms with Crippen molar-refractivity contribution in [1.82, 2.24) is 9.80 Å². The molecule has 0 aromatic heterocycles. The summed E-state index contributed by atoms with van der Waals surface area (Å²) >= 11 is 0. The van der Waals surface area contributed by atoms with Crippen molar-refractivity contribution in [2.75, 3.05) is 14.1 Å². The molecule has 0 spiro atoms. The Morgan fingerprint density at radius 3 is 2.30 bits per heavy atom. The van der Waals surface area contributed by atoms with Gasteiger partial charge in [0.1, 0.15) is 18.4 Å². The van der Waals surface area contributed by atoms with Gasteiger partial charge < -0.3 is 14.5 Å². The molecule has 0 N–H and O–H groups in total. The van der Waals surface area contributed by atoms with Crippen molar-refractivity contribution in [3.8, 4) is 5.75 Å². The summed E-state index contributed by atoms with van der Waals surface area (Å²) in [5.41, 5.74) is 1.69. The van der Waals surface area contributed by atoms with E-state index in [0.29, 0.717) is 17.9 Å². The molecule has 1 aliphatic rings. The van der Waals surface area contributed by atoms with Crippen LogP contribution < -0.4 is 4.74 Å². The quantitative estimate of drug-likeness (QED) is 0.697. The van der Waals surface area contributed by atoms with Gasteiger partial charge in [-0.15, -0.1) is 0 Å². The number of benzene rings is 2. The molecular formula is C22H26N2O3. The minimum absolute atomic E-state index is 0.0248. The van der Waals surface area contributed by atoms with Crippen molar-refractivity contribution in [3.05, 3.63) is 65.7 Å². The van der Waals surface area contributed by atoms with Gasteiger partial charge in [-0.25, -0.2) is 4.79 Å². The van der Waals surface area contributed by atoms with Crippen LogP contribution in [0.4, 0.5) is 4.79 Å². The molecule has 2 unspecified atom stereocenters. The number of ketones is 1. The Hall–Kier alpha value is -2.82. The van der Waals surface area contributed by atoms with E-state index in [2.05, 4.69) is 6.92 Å². The lowest BCUT2D eigenvalue weighted by molar-refractivity contribution is 0.0876. The molecule has 0 radical (unpaired) electrons. The first-order valence-corrected chi connectivity index (χ1v) is 9.33. The summed E-state index contributed by atoms with van der Waals surface area (Å²) in [7, 11) is 3.47. The Labute approximate surface area is 160 Å². The van der Waals surface area contributed by atoms with E-state index in [-0.39, 0.29) is 17.9 Å². The molecule has 2 amide bonds. The Kier molecular flexibility index (Phi) is 5.79. The molecule has 5 heteroatoms. The maximum absolute atomic E-state index is 13.1. The molecule has 1 saturated heterocycles. The number of likely N-dealkylation sites (N-methyl/N-ethyl adjacent to an activating group) is 2. The standard InChI is InChI=1S/C22H26N2O3/c1-4-8-19-20(24(3)22(26)23(19)2)21(25)17-11-13-18(14-12-17)27-15-16-9-6-5-7-10-16/h5-7,9-14,19-20H,4,8,15H2,1-3H3. The Balaban J connectivity index is 1.70. The number of amides is 2. The number of rotatable bonds is 7. The number of carbonyl (C=O) groups is 2. The van der Waals surface area contributed by atoms with Crippen LogP contribution in [0.1, 0.15) is 35.7 Å². The number of nitrogens with zero attached hydrogens (tertiary/aromatic N) is 2. The summed E-state index contributed by atoms with van der Waals surface area (Å²) in [6.45, 7) is 2.55. The van der Waals surface area contributed by atoms with Crippen molar-refractivity contribution in [2.45, 2.75) is 38.5 Å². The van der Waals surface area contributed by atoms with Gasteiger partial charge in [-0.1, -0.05) is 43.7 Å². The van der Waals surface area contributed by atoms with Crippen LogP contribution in [0.2, 0.25) is 0 Å². The van der Waals surface area contributed by atoms with Gasteiger partial charge in [-0.2, -0.15) is 0 Å². The number of Topliss-reactive ketones (excluding diaryl/α,β-unsaturated/α-hetero) is 1. The van der Waals surface area contributed by atoms with Gasteiger partial charge in [-0.05, 0) is 36.2 Å². The van der Waals surface area contributed by atoms with Gasteiger partial charge in [-0.3, -0.25) is 4.79 Å². The topological polar surface area (TPSA) is 49.9 Å². The predicted octanol–water partition coefficient (Wildman–Crippen LogP) is 3.98. The second-order valence-electron chi connectivity index (χ2n) is 6.97. The van der Waals surface area contributed by atoms with Crippen molar-refractivity contribution in [2.24, 2.45) is 0 Å². The van der Waals surface area contributed by atoms with Crippen LogP contribution in [0.3, 0.4) is 0 Å². The summed E-state index contributed by atoms with van der Waals surface area (Å²) < 4.78 is 5.78. The average Bonchev–Trinajstić information content (AvgIpc) is 2.91. The molecule has 3 rings (SSSR count). The second kappa shape index (κ2) is 8.25. The predicted molar refractivity (Wildman–Crippen MR) is 105 cm³/mol. The highest BCUT2D eigenvalue weighted by molar-refractivity contribution is 6.03. The zero-order valence-electron chi connectivity index (χ0n) is 16.1. The highest BCUT2D eigenvalue weighted by atomic mass is 16.5. The van der Waals surface area contributed by atoms with Crippen molar-refractivity contribution in [1.29, 1.82) is 0 Å². The van der Waals surface area contributed by atoms with Crippen LogP contribution in [-0.4, -0.2) is 47.8 Å². The summed E-state index contributed by atoms with van der Waals surface area (Å²) in [5, 5.41) is 0. The molecule has 5 nitrogen and oxygen atoms in total. The van der Waals surface area contributed by atoms with E-state index < -0.39 is 6.04 Å². The van der Waals surface area contributed by atoms with Crippen molar-refractivity contribution < 1.29 is 14.3 Å². The van der Waals surface area contributed by atoms with Crippen LogP contribution >= 0.6 is 0 Å². The number of hydrogen-bond acceptors (Lipinski definition) is 3. The Morgan fingerprint density at radius 1 is 1.00 bits per heavy atom.